The first-order valence-corrected chi connectivity index (χ1v) is 10.00. The first kappa shape index (κ1) is 20.3. The number of hydrogen-bond acceptors (Lipinski definition) is 3. The van der Waals surface area contributed by atoms with Gasteiger partial charge in [-0.2, -0.15) is 0 Å². The average Bonchev–Trinajstić information content (AvgIpc) is 3.02. The van der Waals surface area contributed by atoms with Crippen LogP contribution in [0, 0.1) is 6.92 Å². The van der Waals surface area contributed by atoms with E-state index in [1.807, 2.05) is 49.4 Å². The van der Waals surface area contributed by atoms with E-state index in [-0.39, 0.29) is 17.7 Å². The number of aryl methyl sites for hydroxylation is 1. The molecule has 0 saturated heterocycles. The summed E-state index contributed by atoms with van der Waals surface area (Å²) < 4.78 is 0. The first-order valence-electron chi connectivity index (χ1n) is 10.00. The molecule has 0 bridgehead atoms. The topological polar surface area (TPSA) is 87.3 Å². The molecule has 0 atom stereocenters. The van der Waals surface area contributed by atoms with Gasteiger partial charge in [0, 0.05) is 36.5 Å². The van der Waals surface area contributed by atoms with Crippen LogP contribution in [0.2, 0.25) is 0 Å². The van der Waals surface area contributed by atoms with E-state index >= 15 is 0 Å². The SMILES string of the molecule is CC(=O)Nc1ccc(C2(c3ccc(NC(C)=O)cc3)C(=O)Nc3c(C)cccc32)cc1. The van der Waals surface area contributed by atoms with Crippen LogP contribution >= 0.6 is 0 Å². The van der Waals surface area contributed by atoms with Crippen molar-refractivity contribution in [2.45, 2.75) is 26.2 Å². The molecule has 6 nitrogen and oxygen atoms in total. The van der Waals surface area contributed by atoms with Gasteiger partial charge in [0.2, 0.25) is 17.7 Å². The first-order chi connectivity index (χ1) is 14.8. The smallest absolute Gasteiger partial charge is 0.244 e. The zero-order chi connectivity index (χ0) is 22.2. The van der Waals surface area contributed by atoms with Crippen LogP contribution in [-0.2, 0) is 19.8 Å². The van der Waals surface area contributed by atoms with E-state index in [2.05, 4.69) is 16.0 Å². The summed E-state index contributed by atoms with van der Waals surface area (Å²) in [6, 6.07) is 20.5. The summed E-state index contributed by atoms with van der Waals surface area (Å²) in [6.07, 6.45) is 0. The Hall–Kier alpha value is -3.93. The minimum absolute atomic E-state index is 0.142. The summed E-state index contributed by atoms with van der Waals surface area (Å²) in [7, 11) is 0. The standard InChI is InChI=1S/C25H23N3O3/c1-15-5-4-6-22-23(15)28-24(31)25(22,18-7-11-20(12-8-18)26-16(2)29)19-9-13-21(14-10-19)27-17(3)30/h4-14H,1-3H3,(H,26,29)(H,27,30)(H,28,31). The molecule has 0 aliphatic carbocycles. The van der Waals surface area contributed by atoms with Crippen molar-refractivity contribution < 1.29 is 14.4 Å². The fraction of sp³-hybridized carbons (Fsp3) is 0.160. The summed E-state index contributed by atoms with van der Waals surface area (Å²) in [6.45, 7) is 4.87. The third-order valence-corrected chi connectivity index (χ3v) is 5.53. The molecule has 1 aliphatic rings. The maximum atomic E-state index is 13.6. The number of rotatable bonds is 4. The number of hydrogen-bond donors (Lipinski definition) is 3. The van der Waals surface area contributed by atoms with Crippen LogP contribution in [0.15, 0.2) is 66.7 Å². The minimum Gasteiger partial charge on any atom is -0.326 e. The predicted molar refractivity (Wildman–Crippen MR) is 121 cm³/mol. The van der Waals surface area contributed by atoms with Gasteiger partial charge in [-0.1, -0.05) is 42.5 Å². The number of carbonyl (C=O) groups excluding carboxylic acids is 3. The predicted octanol–water partition coefficient (Wildman–Crippen LogP) is 4.20. The monoisotopic (exact) mass is 413 g/mol. The minimum atomic E-state index is -1.05. The molecule has 3 aromatic carbocycles. The number of nitrogens with one attached hydrogen (secondary N) is 3. The Morgan fingerprint density at radius 2 is 1.26 bits per heavy atom. The highest BCUT2D eigenvalue weighted by Gasteiger charge is 2.50. The van der Waals surface area contributed by atoms with E-state index < -0.39 is 5.41 Å². The second-order valence-corrected chi connectivity index (χ2v) is 7.72. The molecule has 3 N–H and O–H groups in total. The van der Waals surface area contributed by atoms with Gasteiger partial charge in [-0.15, -0.1) is 0 Å². The van der Waals surface area contributed by atoms with Crippen molar-refractivity contribution in [1.29, 1.82) is 0 Å². The maximum absolute atomic E-state index is 13.6. The number of fused-ring (bicyclic) bond motifs is 1. The summed E-state index contributed by atoms with van der Waals surface area (Å²) in [4.78, 5) is 36.4. The lowest BCUT2D eigenvalue weighted by Gasteiger charge is -2.29. The average molecular weight is 413 g/mol. The lowest BCUT2D eigenvalue weighted by molar-refractivity contribution is -0.118. The van der Waals surface area contributed by atoms with E-state index in [1.54, 1.807) is 24.3 Å². The van der Waals surface area contributed by atoms with Gasteiger partial charge in [0.1, 0.15) is 5.41 Å². The van der Waals surface area contributed by atoms with Gasteiger partial charge in [0.15, 0.2) is 0 Å². The third-order valence-electron chi connectivity index (χ3n) is 5.53. The number of amides is 3. The largest absolute Gasteiger partial charge is 0.326 e. The highest BCUT2D eigenvalue weighted by Crippen LogP contribution is 2.48. The molecule has 4 rings (SSSR count). The zero-order valence-corrected chi connectivity index (χ0v) is 17.6. The molecule has 6 heteroatoms. The van der Waals surface area contributed by atoms with Crippen molar-refractivity contribution >= 4 is 34.8 Å². The molecule has 0 fully saturated rings. The van der Waals surface area contributed by atoms with Crippen molar-refractivity contribution in [3.8, 4) is 0 Å². The summed E-state index contributed by atoms with van der Waals surface area (Å²) in [5.74, 6) is -0.456. The number of benzene rings is 3. The molecule has 0 unspecified atom stereocenters. The molecule has 3 aromatic rings. The van der Waals surface area contributed by atoms with Gasteiger partial charge < -0.3 is 16.0 Å². The summed E-state index contributed by atoms with van der Waals surface area (Å²) >= 11 is 0. The van der Waals surface area contributed by atoms with Gasteiger partial charge >= 0.3 is 0 Å². The summed E-state index contributed by atoms with van der Waals surface area (Å²) in [5, 5.41) is 8.59. The van der Waals surface area contributed by atoms with Gasteiger partial charge in [-0.05, 0) is 47.9 Å². The highest BCUT2D eigenvalue weighted by atomic mass is 16.2. The van der Waals surface area contributed by atoms with Crippen molar-refractivity contribution in [1.82, 2.24) is 0 Å². The second-order valence-electron chi connectivity index (χ2n) is 7.72. The van der Waals surface area contributed by atoms with Crippen LogP contribution in [0.25, 0.3) is 0 Å². The van der Waals surface area contributed by atoms with Crippen LogP contribution in [0.1, 0.15) is 36.1 Å². The van der Waals surface area contributed by atoms with Crippen LogP contribution in [0.3, 0.4) is 0 Å². The number of carbonyl (C=O) groups is 3. The Kier molecular flexibility index (Phi) is 5.07. The Morgan fingerprint density at radius 3 is 1.71 bits per heavy atom. The molecule has 0 aromatic heterocycles. The fourth-order valence-electron chi connectivity index (χ4n) is 4.23. The molecule has 0 saturated carbocycles. The summed E-state index contributed by atoms with van der Waals surface area (Å²) in [5.41, 5.74) is 4.51. The van der Waals surface area contributed by atoms with E-state index in [9.17, 15) is 14.4 Å². The van der Waals surface area contributed by atoms with E-state index in [0.29, 0.717) is 11.4 Å². The molecule has 1 aliphatic heterocycles. The van der Waals surface area contributed by atoms with Crippen molar-refractivity contribution in [2.75, 3.05) is 16.0 Å². The normalized spacial score (nSPS) is 13.8. The van der Waals surface area contributed by atoms with Crippen LogP contribution < -0.4 is 16.0 Å². The highest BCUT2D eigenvalue weighted by molar-refractivity contribution is 6.12. The van der Waals surface area contributed by atoms with E-state index in [0.717, 1.165) is 27.9 Å². The third kappa shape index (κ3) is 3.46. The van der Waals surface area contributed by atoms with Crippen molar-refractivity contribution in [3.63, 3.8) is 0 Å². The van der Waals surface area contributed by atoms with E-state index in [1.165, 1.54) is 13.8 Å². The Morgan fingerprint density at radius 1 is 0.774 bits per heavy atom. The number of anilines is 3. The number of para-hydroxylation sites is 1. The molecule has 0 spiro atoms. The van der Waals surface area contributed by atoms with Gasteiger partial charge in [0.25, 0.3) is 0 Å². The zero-order valence-electron chi connectivity index (χ0n) is 17.6. The van der Waals surface area contributed by atoms with Gasteiger partial charge in [0.05, 0.1) is 0 Å². The Balaban J connectivity index is 1.91. The van der Waals surface area contributed by atoms with Crippen LogP contribution in [0.5, 0.6) is 0 Å². The second kappa shape index (κ2) is 7.72. The van der Waals surface area contributed by atoms with Crippen LogP contribution in [-0.4, -0.2) is 17.7 Å². The molecular weight excluding hydrogens is 390 g/mol. The van der Waals surface area contributed by atoms with Gasteiger partial charge in [-0.3, -0.25) is 14.4 Å². The molecular formula is C25H23N3O3. The fourth-order valence-corrected chi connectivity index (χ4v) is 4.23. The molecule has 1 heterocycles. The lowest BCUT2D eigenvalue weighted by Crippen LogP contribution is -2.37. The molecule has 3 amide bonds. The van der Waals surface area contributed by atoms with Crippen molar-refractivity contribution in [3.05, 3.63) is 89.0 Å². The quantitative estimate of drug-likeness (QED) is 0.599. The van der Waals surface area contributed by atoms with Crippen LogP contribution in [0.4, 0.5) is 17.1 Å². The lowest BCUT2D eigenvalue weighted by atomic mass is 9.70. The maximum Gasteiger partial charge on any atom is 0.244 e. The molecule has 156 valence electrons. The van der Waals surface area contributed by atoms with E-state index in [4.69, 9.17) is 0 Å². The Bertz CT molecular complexity index is 1120. The molecule has 31 heavy (non-hydrogen) atoms. The van der Waals surface area contributed by atoms with Gasteiger partial charge in [-0.25, -0.2) is 0 Å². The Labute approximate surface area is 180 Å². The van der Waals surface area contributed by atoms with Crippen molar-refractivity contribution in [2.24, 2.45) is 0 Å². The molecule has 0 radical (unpaired) electrons.